The van der Waals surface area contributed by atoms with Gasteiger partial charge in [-0.05, 0) is 66.7 Å². The number of nitrogens with one attached hydrogen (secondary N) is 1. The third kappa shape index (κ3) is 4.10. The third-order valence-electron chi connectivity index (χ3n) is 3.33. The van der Waals surface area contributed by atoms with Crippen molar-refractivity contribution in [2.75, 3.05) is 0 Å². The van der Waals surface area contributed by atoms with Crippen LogP contribution in [0.25, 0.3) is 0 Å². The van der Waals surface area contributed by atoms with E-state index in [1.807, 2.05) is 55.5 Å². The average Bonchev–Trinajstić information content (AvgIpc) is 2.92. The molecule has 7 heteroatoms. The van der Waals surface area contributed by atoms with Gasteiger partial charge in [-0.25, -0.2) is 0 Å². The van der Waals surface area contributed by atoms with Crippen molar-refractivity contribution in [2.45, 2.75) is 13.5 Å². The lowest BCUT2D eigenvalue weighted by molar-refractivity contribution is 0.306. The molecule has 0 fully saturated rings. The van der Waals surface area contributed by atoms with Crippen LogP contribution >= 0.6 is 23.8 Å². The Morgan fingerprint density at radius 3 is 2.54 bits per heavy atom. The van der Waals surface area contributed by atoms with Crippen molar-refractivity contribution in [3.05, 3.63) is 75.3 Å². The second-order valence-electron chi connectivity index (χ2n) is 5.12. The summed E-state index contributed by atoms with van der Waals surface area (Å²) in [5, 5.41) is 11.7. The molecule has 0 amide bonds. The van der Waals surface area contributed by atoms with Crippen molar-refractivity contribution in [1.82, 2.24) is 14.9 Å². The summed E-state index contributed by atoms with van der Waals surface area (Å²) in [4.78, 5) is 0. The van der Waals surface area contributed by atoms with Crippen LogP contribution in [0, 0.1) is 11.7 Å². The van der Waals surface area contributed by atoms with Crippen LogP contribution in [0.5, 0.6) is 5.75 Å². The van der Waals surface area contributed by atoms with Gasteiger partial charge in [-0.1, -0.05) is 23.7 Å². The Bertz CT molecular complexity index is 898. The van der Waals surface area contributed by atoms with E-state index in [4.69, 9.17) is 28.6 Å². The van der Waals surface area contributed by atoms with Crippen LogP contribution in [0.2, 0.25) is 5.02 Å². The second kappa shape index (κ2) is 7.42. The van der Waals surface area contributed by atoms with Gasteiger partial charge < -0.3 is 4.74 Å². The van der Waals surface area contributed by atoms with Gasteiger partial charge in [0.05, 0.1) is 6.21 Å². The lowest BCUT2D eigenvalue weighted by Crippen LogP contribution is -1.96. The van der Waals surface area contributed by atoms with Crippen molar-refractivity contribution >= 4 is 30.0 Å². The van der Waals surface area contributed by atoms with E-state index in [-0.39, 0.29) is 0 Å². The summed E-state index contributed by atoms with van der Waals surface area (Å²) in [5.74, 6) is 1.50. The van der Waals surface area contributed by atoms with Crippen LogP contribution in [0.4, 0.5) is 0 Å². The molecule has 0 spiro atoms. The number of H-pyrrole nitrogens is 1. The predicted molar refractivity (Wildman–Crippen MR) is 97.4 cm³/mol. The maximum absolute atomic E-state index is 5.87. The maximum Gasteiger partial charge on any atom is 0.216 e. The normalized spacial score (nSPS) is 11.1. The molecule has 0 bridgehead atoms. The molecule has 1 aromatic heterocycles. The molecule has 0 radical (unpaired) electrons. The zero-order valence-electron chi connectivity index (χ0n) is 12.9. The molecule has 0 aliphatic carbocycles. The molecule has 0 saturated heterocycles. The minimum atomic E-state index is 0.465. The van der Waals surface area contributed by atoms with E-state index in [1.54, 1.807) is 10.9 Å². The Morgan fingerprint density at radius 2 is 1.92 bits per heavy atom. The van der Waals surface area contributed by atoms with Gasteiger partial charge in [-0.3, -0.25) is 5.10 Å². The number of halogens is 1. The number of rotatable bonds is 5. The molecule has 1 heterocycles. The molecule has 3 aromatic rings. The van der Waals surface area contributed by atoms with Crippen molar-refractivity contribution in [1.29, 1.82) is 0 Å². The first-order valence-corrected chi connectivity index (χ1v) is 8.06. The van der Waals surface area contributed by atoms with Gasteiger partial charge >= 0.3 is 0 Å². The summed E-state index contributed by atoms with van der Waals surface area (Å²) in [6.07, 6.45) is 1.72. The molecule has 0 atom stereocenters. The number of aromatic nitrogens is 3. The SMILES string of the molecule is Cc1n[nH]c(=S)n1N=Cc1ccc(OCc2ccc(Cl)cc2)cc1. The van der Waals surface area contributed by atoms with E-state index in [1.165, 1.54) is 0 Å². The molecular formula is C17H15ClN4OS. The fraction of sp³-hybridized carbons (Fsp3) is 0.118. The Morgan fingerprint density at radius 1 is 1.21 bits per heavy atom. The second-order valence-corrected chi connectivity index (χ2v) is 5.94. The summed E-state index contributed by atoms with van der Waals surface area (Å²) < 4.78 is 7.79. The van der Waals surface area contributed by atoms with Gasteiger partial charge in [0.1, 0.15) is 18.2 Å². The van der Waals surface area contributed by atoms with Gasteiger partial charge in [0.25, 0.3) is 0 Å². The average molecular weight is 359 g/mol. The van der Waals surface area contributed by atoms with Crippen molar-refractivity contribution in [3.8, 4) is 5.75 Å². The minimum Gasteiger partial charge on any atom is -0.489 e. The predicted octanol–water partition coefficient (Wildman–Crippen LogP) is 4.36. The van der Waals surface area contributed by atoms with Gasteiger partial charge in [-0.2, -0.15) is 14.9 Å². The van der Waals surface area contributed by atoms with Crippen LogP contribution in [-0.4, -0.2) is 21.1 Å². The molecule has 122 valence electrons. The highest BCUT2D eigenvalue weighted by Gasteiger charge is 1.99. The van der Waals surface area contributed by atoms with Crippen LogP contribution in [-0.2, 0) is 6.61 Å². The first-order valence-electron chi connectivity index (χ1n) is 7.27. The fourth-order valence-corrected chi connectivity index (χ4v) is 2.38. The molecule has 1 N–H and O–H groups in total. The van der Waals surface area contributed by atoms with Gasteiger partial charge in [0, 0.05) is 5.02 Å². The zero-order chi connectivity index (χ0) is 16.9. The molecule has 0 saturated carbocycles. The smallest absolute Gasteiger partial charge is 0.216 e. The monoisotopic (exact) mass is 358 g/mol. The fourth-order valence-electron chi connectivity index (χ4n) is 2.03. The molecule has 0 aliphatic rings. The Kier molecular flexibility index (Phi) is 5.08. The molecule has 3 rings (SSSR count). The van der Waals surface area contributed by atoms with Crippen LogP contribution in [0.15, 0.2) is 53.6 Å². The maximum atomic E-state index is 5.87. The first-order chi connectivity index (χ1) is 11.6. The molecule has 24 heavy (non-hydrogen) atoms. The highest BCUT2D eigenvalue weighted by molar-refractivity contribution is 7.71. The van der Waals surface area contributed by atoms with Crippen LogP contribution in [0.3, 0.4) is 0 Å². The highest BCUT2D eigenvalue weighted by atomic mass is 35.5. The minimum absolute atomic E-state index is 0.465. The lowest BCUT2D eigenvalue weighted by Gasteiger charge is -2.06. The van der Waals surface area contributed by atoms with Crippen molar-refractivity contribution in [2.24, 2.45) is 5.10 Å². The number of aryl methyl sites for hydroxylation is 1. The summed E-state index contributed by atoms with van der Waals surface area (Å²) >= 11 is 11.0. The topological polar surface area (TPSA) is 55.2 Å². The van der Waals surface area contributed by atoms with E-state index in [9.17, 15) is 0 Å². The van der Waals surface area contributed by atoms with Gasteiger partial charge in [0.15, 0.2) is 0 Å². The van der Waals surface area contributed by atoms with E-state index in [2.05, 4.69) is 15.3 Å². The highest BCUT2D eigenvalue weighted by Crippen LogP contribution is 2.15. The Labute approximate surface area is 149 Å². The molecular weight excluding hydrogens is 344 g/mol. The summed E-state index contributed by atoms with van der Waals surface area (Å²) in [5.41, 5.74) is 2.01. The summed E-state index contributed by atoms with van der Waals surface area (Å²) in [6, 6.07) is 15.3. The molecule has 0 aliphatic heterocycles. The molecule has 5 nitrogen and oxygen atoms in total. The first kappa shape index (κ1) is 16.4. The number of benzene rings is 2. The largest absolute Gasteiger partial charge is 0.489 e. The van der Waals surface area contributed by atoms with Gasteiger partial charge in [0.2, 0.25) is 4.77 Å². The number of ether oxygens (including phenoxy) is 1. The number of aromatic amines is 1. The standard InChI is InChI=1S/C17H15ClN4OS/c1-12-20-21-17(24)22(12)19-10-13-4-8-16(9-5-13)23-11-14-2-6-15(18)7-3-14/h2-10H,11H2,1H3,(H,21,24). The third-order valence-corrected chi connectivity index (χ3v) is 3.85. The van der Waals surface area contributed by atoms with Gasteiger partial charge in [-0.15, -0.1) is 0 Å². The zero-order valence-corrected chi connectivity index (χ0v) is 14.5. The summed E-state index contributed by atoms with van der Waals surface area (Å²) in [7, 11) is 0. The van der Waals surface area contributed by atoms with Crippen molar-refractivity contribution < 1.29 is 4.74 Å². The van der Waals surface area contributed by atoms with Crippen LogP contribution in [0.1, 0.15) is 17.0 Å². The van der Waals surface area contributed by atoms with E-state index >= 15 is 0 Å². The van der Waals surface area contributed by atoms with E-state index < -0.39 is 0 Å². The van der Waals surface area contributed by atoms with E-state index in [0.29, 0.717) is 17.2 Å². The Balaban J connectivity index is 1.63. The number of nitrogens with zero attached hydrogens (tertiary/aromatic N) is 3. The molecule has 2 aromatic carbocycles. The number of hydrogen-bond acceptors (Lipinski definition) is 4. The van der Waals surface area contributed by atoms with Crippen molar-refractivity contribution in [3.63, 3.8) is 0 Å². The van der Waals surface area contributed by atoms with E-state index in [0.717, 1.165) is 21.9 Å². The number of hydrogen-bond donors (Lipinski definition) is 1. The Hall–Kier alpha value is -2.44. The quantitative estimate of drug-likeness (QED) is 0.544. The van der Waals surface area contributed by atoms with Crippen LogP contribution < -0.4 is 4.74 Å². The molecule has 0 unspecified atom stereocenters. The summed E-state index contributed by atoms with van der Waals surface area (Å²) in [6.45, 7) is 2.32. The lowest BCUT2D eigenvalue weighted by atomic mass is 10.2.